The summed E-state index contributed by atoms with van der Waals surface area (Å²) < 4.78 is 5.91. The second-order valence-corrected chi connectivity index (χ2v) is 10.7. The maximum absolute atomic E-state index is 12.3. The van der Waals surface area contributed by atoms with Crippen LogP contribution in [0.1, 0.15) is 82.2 Å². The lowest BCUT2D eigenvalue weighted by atomic mass is 9.69. The average Bonchev–Trinajstić information content (AvgIpc) is 2.84. The van der Waals surface area contributed by atoms with Gasteiger partial charge in [-0.1, -0.05) is 71.9 Å². The van der Waals surface area contributed by atoms with Gasteiger partial charge in [0.05, 0.1) is 0 Å². The maximum atomic E-state index is 12.3. The van der Waals surface area contributed by atoms with Gasteiger partial charge < -0.3 is 4.74 Å². The normalized spacial score (nSPS) is 12.0. The highest BCUT2D eigenvalue weighted by Gasteiger charge is 2.31. The van der Waals surface area contributed by atoms with Gasteiger partial charge in [-0.25, -0.2) is 0 Å². The van der Waals surface area contributed by atoms with E-state index in [1.54, 1.807) is 0 Å². The first-order valence-corrected chi connectivity index (χ1v) is 12.9. The number of hydrogen-bond acceptors (Lipinski definition) is 3. The molecule has 0 aliphatic heterocycles. The van der Waals surface area contributed by atoms with Crippen LogP contribution in [0.25, 0.3) is 11.1 Å². The van der Waals surface area contributed by atoms with Crippen LogP contribution in [-0.2, 0) is 16.6 Å². The largest absolute Gasteiger partial charge is 0.486 e. The van der Waals surface area contributed by atoms with Crippen molar-refractivity contribution in [2.24, 2.45) is 5.41 Å². The van der Waals surface area contributed by atoms with Gasteiger partial charge in [-0.15, -0.1) is 0 Å². The molecule has 3 rings (SSSR count). The summed E-state index contributed by atoms with van der Waals surface area (Å²) in [5, 5.41) is 0. The summed E-state index contributed by atoms with van der Waals surface area (Å²) in [6.45, 7) is 16.8. The van der Waals surface area contributed by atoms with Gasteiger partial charge in [-0.05, 0) is 78.6 Å². The molecule has 0 spiro atoms. The Morgan fingerprint density at radius 3 is 2.03 bits per heavy atom. The van der Waals surface area contributed by atoms with E-state index >= 15 is 0 Å². The average molecular weight is 472 g/mol. The van der Waals surface area contributed by atoms with E-state index in [4.69, 9.17) is 4.74 Å². The van der Waals surface area contributed by atoms with Crippen LogP contribution in [-0.4, -0.2) is 17.4 Å². The van der Waals surface area contributed by atoms with Crippen molar-refractivity contribution in [1.82, 2.24) is 4.98 Å². The molecule has 35 heavy (non-hydrogen) atoms. The number of ketones is 1. The Hall–Kier alpha value is -2.94. The third-order valence-corrected chi connectivity index (χ3v) is 7.42. The summed E-state index contributed by atoms with van der Waals surface area (Å²) in [6.07, 6.45) is 6.88. The fourth-order valence-electron chi connectivity index (χ4n) is 4.82. The fourth-order valence-corrected chi connectivity index (χ4v) is 4.82. The van der Waals surface area contributed by atoms with Gasteiger partial charge in [0.2, 0.25) is 0 Å². The van der Waals surface area contributed by atoms with E-state index in [2.05, 4.69) is 76.0 Å². The number of rotatable bonds is 9. The van der Waals surface area contributed by atoms with Crippen LogP contribution >= 0.6 is 0 Å². The fraction of sp³-hybridized carbons (Fsp3) is 0.438. The predicted molar refractivity (Wildman–Crippen MR) is 146 cm³/mol. The second-order valence-electron chi connectivity index (χ2n) is 10.7. The minimum absolute atomic E-state index is 0.0860. The Kier molecular flexibility index (Phi) is 8.20. The number of hydrogen-bond donors (Lipinski definition) is 0. The molecule has 3 aromatic rings. The molecule has 0 saturated heterocycles. The standard InChI is InChI=1S/C32H41NO2/c1-9-24-18-25(20-33-19-24)28-14-12-26(16-22(28)4)32(10-2,11-3)27-13-15-29(23(5)17-27)35-21-30(34)31(6,7)8/h12-20H,9-11,21H2,1-8H3. The number of ether oxygens (including phenoxy) is 1. The summed E-state index contributed by atoms with van der Waals surface area (Å²) in [6, 6.07) is 15.6. The highest BCUT2D eigenvalue weighted by molar-refractivity contribution is 5.85. The Balaban J connectivity index is 1.95. The Morgan fingerprint density at radius 1 is 0.857 bits per heavy atom. The second kappa shape index (κ2) is 10.8. The molecule has 3 heteroatoms. The van der Waals surface area contributed by atoms with E-state index < -0.39 is 5.41 Å². The molecule has 0 aliphatic rings. The number of carbonyl (C=O) groups excluding carboxylic acids is 1. The van der Waals surface area contributed by atoms with E-state index in [0.717, 1.165) is 30.6 Å². The molecule has 3 nitrogen and oxygen atoms in total. The maximum Gasteiger partial charge on any atom is 0.175 e. The number of aromatic nitrogens is 1. The third-order valence-electron chi connectivity index (χ3n) is 7.42. The number of aryl methyl sites for hydroxylation is 3. The van der Waals surface area contributed by atoms with Crippen molar-refractivity contribution in [3.8, 4) is 16.9 Å². The molecule has 0 amide bonds. The SMILES string of the molecule is CCc1cncc(-c2ccc(C(CC)(CC)c3ccc(OCC(=O)C(C)(C)C)c(C)c3)cc2C)c1. The number of Topliss-reactive ketones (excluding diaryl/α,β-unsaturated/α-hetero) is 1. The zero-order valence-electron chi connectivity index (χ0n) is 22.8. The van der Waals surface area contributed by atoms with Crippen molar-refractivity contribution in [1.29, 1.82) is 0 Å². The van der Waals surface area contributed by atoms with Crippen LogP contribution < -0.4 is 4.74 Å². The van der Waals surface area contributed by atoms with Crippen LogP contribution in [0, 0.1) is 19.3 Å². The van der Waals surface area contributed by atoms with Crippen LogP contribution in [0.5, 0.6) is 5.75 Å². The third kappa shape index (κ3) is 5.66. The Labute approximate surface area is 212 Å². The van der Waals surface area contributed by atoms with Gasteiger partial charge in [0.25, 0.3) is 0 Å². The Bertz CT molecular complexity index is 1180. The molecule has 0 unspecified atom stereocenters. The molecule has 1 aromatic heterocycles. The highest BCUT2D eigenvalue weighted by Crippen LogP contribution is 2.41. The summed E-state index contributed by atoms with van der Waals surface area (Å²) in [4.78, 5) is 16.8. The van der Waals surface area contributed by atoms with Crippen molar-refractivity contribution >= 4 is 5.78 Å². The zero-order valence-corrected chi connectivity index (χ0v) is 22.8. The van der Waals surface area contributed by atoms with Crippen LogP contribution in [0.3, 0.4) is 0 Å². The van der Waals surface area contributed by atoms with Gasteiger partial charge in [0, 0.05) is 28.8 Å². The first-order valence-electron chi connectivity index (χ1n) is 12.9. The first kappa shape index (κ1) is 26.7. The van der Waals surface area contributed by atoms with Crippen LogP contribution in [0.2, 0.25) is 0 Å². The quantitative estimate of drug-likeness (QED) is 0.317. The first-order chi connectivity index (χ1) is 16.6. The zero-order chi connectivity index (χ0) is 25.8. The van der Waals surface area contributed by atoms with E-state index in [-0.39, 0.29) is 17.8 Å². The molecule has 186 valence electrons. The van der Waals surface area contributed by atoms with E-state index in [1.807, 2.05) is 39.2 Å². The van der Waals surface area contributed by atoms with Gasteiger partial charge in [0.15, 0.2) is 5.78 Å². The van der Waals surface area contributed by atoms with Crippen LogP contribution in [0.15, 0.2) is 54.9 Å². The molecular formula is C32H41NO2. The highest BCUT2D eigenvalue weighted by atomic mass is 16.5. The van der Waals surface area contributed by atoms with Crippen molar-refractivity contribution < 1.29 is 9.53 Å². The molecule has 0 aliphatic carbocycles. The van der Waals surface area contributed by atoms with Gasteiger partial charge in [-0.2, -0.15) is 0 Å². The molecule has 0 fully saturated rings. The van der Waals surface area contributed by atoms with E-state index in [1.165, 1.54) is 33.4 Å². The predicted octanol–water partition coefficient (Wildman–Crippen LogP) is 8.03. The smallest absolute Gasteiger partial charge is 0.175 e. The molecule has 0 saturated carbocycles. The van der Waals surface area contributed by atoms with Gasteiger partial charge >= 0.3 is 0 Å². The van der Waals surface area contributed by atoms with E-state index in [0.29, 0.717) is 0 Å². The van der Waals surface area contributed by atoms with Crippen molar-refractivity contribution in [3.63, 3.8) is 0 Å². The minimum Gasteiger partial charge on any atom is -0.486 e. The molecule has 1 heterocycles. The lowest BCUT2D eigenvalue weighted by molar-refractivity contribution is -0.128. The monoisotopic (exact) mass is 471 g/mol. The van der Waals surface area contributed by atoms with Gasteiger partial charge in [-0.3, -0.25) is 9.78 Å². The Morgan fingerprint density at radius 2 is 1.49 bits per heavy atom. The summed E-state index contributed by atoms with van der Waals surface area (Å²) in [7, 11) is 0. The molecular weight excluding hydrogens is 430 g/mol. The molecule has 0 radical (unpaired) electrons. The molecule has 0 bridgehead atoms. The minimum atomic E-state index is -0.397. The van der Waals surface area contributed by atoms with Crippen molar-refractivity contribution in [2.75, 3.05) is 6.61 Å². The number of carbonyl (C=O) groups is 1. The summed E-state index contributed by atoms with van der Waals surface area (Å²) >= 11 is 0. The topological polar surface area (TPSA) is 39.2 Å². The number of nitrogens with zero attached hydrogens (tertiary/aromatic N) is 1. The molecule has 2 aromatic carbocycles. The number of benzene rings is 2. The van der Waals surface area contributed by atoms with Crippen molar-refractivity contribution in [2.45, 2.75) is 80.1 Å². The lowest BCUT2D eigenvalue weighted by Crippen LogP contribution is -2.27. The van der Waals surface area contributed by atoms with Crippen LogP contribution in [0.4, 0.5) is 0 Å². The summed E-state index contributed by atoms with van der Waals surface area (Å²) in [5.41, 5.74) is 8.13. The van der Waals surface area contributed by atoms with Gasteiger partial charge in [0.1, 0.15) is 12.4 Å². The number of pyridine rings is 1. The molecule has 0 atom stereocenters. The van der Waals surface area contributed by atoms with E-state index in [9.17, 15) is 4.79 Å². The lowest BCUT2D eigenvalue weighted by Gasteiger charge is -2.34. The van der Waals surface area contributed by atoms with Crippen molar-refractivity contribution in [3.05, 3.63) is 82.7 Å². The summed E-state index contributed by atoms with van der Waals surface area (Å²) in [5.74, 6) is 0.884. The molecule has 0 N–H and O–H groups in total.